The maximum atomic E-state index is 13.7. The molecular weight excluding hydrogens is 305 g/mol. The van der Waals surface area contributed by atoms with E-state index < -0.39 is 5.82 Å². The van der Waals surface area contributed by atoms with Crippen molar-refractivity contribution in [3.63, 3.8) is 0 Å². The van der Waals surface area contributed by atoms with Crippen molar-refractivity contribution in [2.75, 3.05) is 14.2 Å². The summed E-state index contributed by atoms with van der Waals surface area (Å²) in [6.07, 6.45) is 0. The van der Waals surface area contributed by atoms with Gasteiger partial charge in [-0.3, -0.25) is 9.59 Å². The molecule has 22 heavy (non-hydrogen) atoms. The molecule has 0 bridgehead atoms. The van der Waals surface area contributed by atoms with Crippen LogP contribution in [0.5, 0.6) is 5.75 Å². The quantitative estimate of drug-likeness (QED) is 0.793. The van der Waals surface area contributed by atoms with Gasteiger partial charge in [-0.2, -0.15) is 0 Å². The lowest BCUT2D eigenvalue weighted by Gasteiger charge is -2.16. The van der Waals surface area contributed by atoms with Crippen LogP contribution in [0.4, 0.5) is 4.39 Å². The highest BCUT2D eigenvalue weighted by molar-refractivity contribution is 7.15. The molecule has 4 nitrogen and oxygen atoms in total. The van der Waals surface area contributed by atoms with E-state index in [4.69, 9.17) is 4.74 Å². The number of ether oxygens (including phenoxy) is 1. The third kappa shape index (κ3) is 3.51. The molecule has 0 saturated heterocycles. The summed E-state index contributed by atoms with van der Waals surface area (Å²) in [5, 5.41) is 0. The van der Waals surface area contributed by atoms with Crippen LogP contribution in [0.25, 0.3) is 0 Å². The molecule has 0 fully saturated rings. The Kier molecular flexibility index (Phi) is 4.92. The summed E-state index contributed by atoms with van der Waals surface area (Å²) in [6, 6.07) is 7.86. The van der Waals surface area contributed by atoms with Crippen LogP contribution in [-0.4, -0.2) is 30.7 Å². The van der Waals surface area contributed by atoms with E-state index in [2.05, 4.69) is 0 Å². The van der Waals surface area contributed by atoms with E-state index in [0.29, 0.717) is 15.3 Å². The third-order valence-electron chi connectivity index (χ3n) is 3.15. The van der Waals surface area contributed by atoms with E-state index in [1.54, 1.807) is 25.2 Å². The first-order chi connectivity index (χ1) is 10.4. The Bertz CT molecular complexity index is 711. The summed E-state index contributed by atoms with van der Waals surface area (Å²) in [5.41, 5.74) is 0.664. The number of carbonyl (C=O) groups excluding carboxylic acids is 2. The molecule has 1 aromatic carbocycles. The largest absolute Gasteiger partial charge is 0.494 e. The maximum Gasteiger partial charge on any atom is 0.263 e. The van der Waals surface area contributed by atoms with Crippen molar-refractivity contribution < 1.29 is 18.7 Å². The second-order valence-corrected chi connectivity index (χ2v) is 5.93. The van der Waals surface area contributed by atoms with Crippen molar-refractivity contribution in [2.45, 2.75) is 13.5 Å². The number of carbonyl (C=O) groups is 2. The van der Waals surface area contributed by atoms with Gasteiger partial charge in [-0.05, 0) is 36.8 Å². The number of hydrogen-bond donors (Lipinski definition) is 0. The van der Waals surface area contributed by atoms with Crippen molar-refractivity contribution in [3.8, 4) is 5.75 Å². The minimum atomic E-state index is -0.462. The van der Waals surface area contributed by atoms with E-state index in [0.717, 1.165) is 11.3 Å². The summed E-state index contributed by atoms with van der Waals surface area (Å²) >= 11 is 1.16. The van der Waals surface area contributed by atoms with Crippen LogP contribution in [-0.2, 0) is 6.54 Å². The van der Waals surface area contributed by atoms with Crippen molar-refractivity contribution in [1.29, 1.82) is 0 Å². The van der Waals surface area contributed by atoms with Crippen LogP contribution in [0.2, 0.25) is 0 Å². The van der Waals surface area contributed by atoms with Gasteiger partial charge in [0.25, 0.3) is 5.91 Å². The molecule has 0 aliphatic heterocycles. The van der Waals surface area contributed by atoms with Crippen molar-refractivity contribution in [1.82, 2.24) is 4.90 Å². The Morgan fingerprint density at radius 1 is 1.23 bits per heavy atom. The zero-order chi connectivity index (χ0) is 16.3. The number of ketones is 1. The van der Waals surface area contributed by atoms with Gasteiger partial charge in [0.1, 0.15) is 0 Å². The minimum Gasteiger partial charge on any atom is -0.494 e. The Balaban J connectivity index is 2.10. The fourth-order valence-electron chi connectivity index (χ4n) is 1.98. The Hall–Kier alpha value is -2.21. The van der Waals surface area contributed by atoms with E-state index in [9.17, 15) is 14.0 Å². The lowest BCUT2D eigenvalue weighted by Crippen LogP contribution is -2.25. The monoisotopic (exact) mass is 321 g/mol. The number of Topliss-reactive ketones (excluding diaryl/α,β-unsaturated/α-hetero) is 1. The highest BCUT2D eigenvalue weighted by Crippen LogP contribution is 2.21. The summed E-state index contributed by atoms with van der Waals surface area (Å²) in [4.78, 5) is 26.1. The molecule has 0 aliphatic rings. The number of thiophene rings is 1. The first kappa shape index (κ1) is 16.2. The molecule has 0 aliphatic carbocycles. The van der Waals surface area contributed by atoms with Gasteiger partial charge in [0.2, 0.25) is 0 Å². The Morgan fingerprint density at radius 3 is 2.45 bits per heavy atom. The Labute approximate surface area is 132 Å². The zero-order valence-corrected chi connectivity index (χ0v) is 13.4. The smallest absolute Gasteiger partial charge is 0.263 e. The van der Waals surface area contributed by atoms with Gasteiger partial charge >= 0.3 is 0 Å². The standard InChI is InChI=1S/C16H16FNO3S/c1-10(19)14-6-7-15(22-14)16(20)18(2)9-11-4-5-13(21-3)12(17)8-11/h4-8H,9H2,1-3H3. The van der Waals surface area contributed by atoms with Crippen molar-refractivity contribution in [2.24, 2.45) is 0 Å². The highest BCUT2D eigenvalue weighted by atomic mass is 32.1. The highest BCUT2D eigenvalue weighted by Gasteiger charge is 2.16. The molecule has 6 heteroatoms. The van der Waals surface area contributed by atoms with E-state index in [1.807, 2.05) is 0 Å². The topological polar surface area (TPSA) is 46.6 Å². The van der Waals surface area contributed by atoms with Gasteiger partial charge in [-0.15, -0.1) is 11.3 Å². The minimum absolute atomic E-state index is 0.0658. The lowest BCUT2D eigenvalue weighted by molar-refractivity contribution is 0.0789. The normalized spacial score (nSPS) is 10.4. The number of rotatable bonds is 5. The average Bonchev–Trinajstić information content (AvgIpc) is 2.96. The van der Waals surface area contributed by atoms with E-state index >= 15 is 0 Å². The SMILES string of the molecule is COc1ccc(CN(C)C(=O)c2ccc(C(C)=O)s2)cc1F. The number of methoxy groups -OCH3 is 1. The molecular formula is C16H16FNO3S. The van der Waals surface area contributed by atoms with Crippen LogP contribution in [0, 0.1) is 5.82 Å². The predicted molar refractivity (Wildman–Crippen MR) is 83.1 cm³/mol. The molecule has 116 valence electrons. The van der Waals surface area contributed by atoms with E-state index in [-0.39, 0.29) is 24.0 Å². The molecule has 2 rings (SSSR count). The van der Waals surface area contributed by atoms with Gasteiger partial charge in [-0.1, -0.05) is 6.07 Å². The second kappa shape index (κ2) is 6.70. The predicted octanol–water partition coefficient (Wildman–Crippen LogP) is 3.37. The first-order valence-electron chi connectivity index (χ1n) is 6.61. The zero-order valence-electron chi connectivity index (χ0n) is 12.6. The van der Waals surface area contributed by atoms with Gasteiger partial charge in [-0.25, -0.2) is 4.39 Å². The van der Waals surface area contributed by atoms with Crippen LogP contribution in [0.15, 0.2) is 30.3 Å². The molecule has 1 amide bonds. The molecule has 0 saturated carbocycles. The van der Waals surface area contributed by atoms with Gasteiger partial charge in [0.15, 0.2) is 17.3 Å². The summed E-state index contributed by atoms with van der Waals surface area (Å²) in [6.45, 7) is 1.73. The molecule has 0 N–H and O–H groups in total. The molecule has 2 aromatic rings. The van der Waals surface area contributed by atoms with Gasteiger partial charge in [0, 0.05) is 13.6 Å². The summed E-state index contributed by atoms with van der Waals surface area (Å²) < 4.78 is 18.5. The molecule has 0 spiro atoms. The van der Waals surface area contributed by atoms with Crippen molar-refractivity contribution >= 4 is 23.0 Å². The average molecular weight is 321 g/mol. The maximum absolute atomic E-state index is 13.7. The number of hydrogen-bond acceptors (Lipinski definition) is 4. The first-order valence-corrected chi connectivity index (χ1v) is 7.42. The van der Waals surface area contributed by atoms with Crippen LogP contribution in [0.1, 0.15) is 31.8 Å². The van der Waals surface area contributed by atoms with Gasteiger partial charge < -0.3 is 9.64 Å². The molecule has 0 radical (unpaired) electrons. The van der Waals surface area contributed by atoms with Gasteiger partial charge in [0.05, 0.1) is 16.9 Å². The molecule has 1 heterocycles. The summed E-state index contributed by atoms with van der Waals surface area (Å²) in [5.74, 6) is -0.560. The Morgan fingerprint density at radius 2 is 1.91 bits per heavy atom. The number of halogens is 1. The fraction of sp³-hybridized carbons (Fsp3) is 0.250. The van der Waals surface area contributed by atoms with Crippen molar-refractivity contribution in [3.05, 3.63) is 51.5 Å². The van der Waals surface area contributed by atoms with Crippen LogP contribution >= 0.6 is 11.3 Å². The van der Waals surface area contributed by atoms with Crippen LogP contribution < -0.4 is 4.74 Å². The fourth-order valence-corrected chi connectivity index (χ4v) is 2.88. The number of benzene rings is 1. The summed E-state index contributed by atoms with van der Waals surface area (Å²) in [7, 11) is 3.04. The molecule has 1 aromatic heterocycles. The molecule has 0 atom stereocenters. The van der Waals surface area contributed by atoms with Crippen LogP contribution in [0.3, 0.4) is 0 Å². The third-order valence-corrected chi connectivity index (χ3v) is 4.32. The second-order valence-electron chi connectivity index (χ2n) is 4.85. The van der Waals surface area contributed by atoms with E-state index in [1.165, 1.54) is 31.1 Å². The lowest BCUT2D eigenvalue weighted by atomic mass is 10.2. The number of nitrogens with zero attached hydrogens (tertiary/aromatic N) is 1. The number of amides is 1. The molecule has 0 unspecified atom stereocenters.